The van der Waals surface area contributed by atoms with Gasteiger partial charge in [0.2, 0.25) is 0 Å². The second-order valence-electron chi connectivity index (χ2n) is 11.6. The number of fused-ring (bicyclic) bond motifs is 2. The molecule has 0 saturated carbocycles. The third-order valence-electron chi connectivity index (χ3n) is 7.68. The number of ether oxygens (including phenoxy) is 1. The molecule has 0 radical (unpaired) electrons. The van der Waals surface area contributed by atoms with E-state index in [1.807, 2.05) is 51.2 Å². The summed E-state index contributed by atoms with van der Waals surface area (Å²) in [5.41, 5.74) is 7.35. The topological polar surface area (TPSA) is 103 Å². The van der Waals surface area contributed by atoms with Crippen LogP contribution in [0.5, 0.6) is 0 Å². The van der Waals surface area contributed by atoms with E-state index in [1.165, 1.54) is 11.3 Å². The van der Waals surface area contributed by atoms with Crippen LogP contribution in [0.2, 0.25) is 0 Å². The molecule has 0 N–H and O–H groups in total. The van der Waals surface area contributed by atoms with E-state index in [4.69, 9.17) is 14.8 Å². The van der Waals surface area contributed by atoms with Gasteiger partial charge in [-0.1, -0.05) is 0 Å². The zero-order valence-electron chi connectivity index (χ0n) is 24.0. The van der Waals surface area contributed by atoms with Gasteiger partial charge in [-0.2, -0.15) is 10.4 Å². The quantitative estimate of drug-likeness (QED) is 0.362. The number of piperazine rings is 1. The Labute approximate surface area is 239 Å². The molecular formula is C31H34N8O2. The molecule has 3 aromatic heterocycles. The Morgan fingerprint density at radius 2 is 1.83 bits per heavy atom. The van der Waals surface area contributed by atoms with Crippen LogP contribution < -0.4 is 9.80 Å². The normalized spacial score (nSPS) is 15.2. The Balaban J connectivity index is 1.13. The van der Waals surface area contributed by atoms with E-state index in [0.29, 0.717) is 25.2 Å². The van der Waals surface area contributed by atoms with Gasteiger partial charge in [0.05, 0.1) is 53.1 Å². The highest BCUT2D eigenvalue weighted by molar-refractivity contribution is 5.95. The molecular weight excluding hydrogens is 516 g/mol. The van der Waals surface area contributed by atoms with Crippen LogP contribution in [0.1, 0.15) is 49.0 Å². The Morgan fingerprint density at radius 1 is 1.02 bits per heavy atom. The lowest BCUT2D eigenvalue weighted by Crippen LogP contribution is -2.50. The molecule has 10 heteroatoms. The zero-order chi connectivity index (χ0) is 28.7. The monoisotopic (exact) mass is 550 g/mol. The first-order chi connectivity index (χ1) is 19.7. The summed E-state index contributed by atoms with van der Waals surface area (Å²) in [6.07, 6.45) is 3.39. The maximum absolute atomic E-state index is 12.4. The van der Waals surface area contributed by atoms with Crippen LogP contribution >= 0.6 is 0 Å². The number of nitrogens with zero attached hydrogens (tertiary/aromatic N) is 8. The van der Waals surface area contributed by atoms with E-state index in [1.54, 1.807) is 11.1 Å². The Kier molecular flexibility index (Phi) is 6.73. The van der Waals surface area contributed by atoms with Gasteiger partial charge in [0.1, 0.15) is 11.7 Å². The van der Waals surface area contributed by atoms with Crippen LogP contribution in [0.3, 0.4) is 0 Å². The summed E-state index contributed by atoms with van der Waals surface area (Å²) in [5.74, 6) is 0. The maximum atomic E-state index is 12.4. The van der Waals surface area contributed by atoms with Gasteiger partial charge < -0.3 is 19.4 Å². The van der Waals surface area contributed by atoms with Crippen LogP contribution in [-0.4, -0.2) is 62.5 Å². The van der Waals surface area contributed by atoms with E-state index in [-0.39, 0.29) is 6.09 Å². The predicted octanol–water partition coefficient (Wildman–Crippen LogP) is 4.63. The average molecular weight is 551 g/mol. The van der Waals surface area contributed by atoms with Crippen LogP contribution in [0.4, 0.5) is 16.2 Å². The van der Waals surface area contributed by atoms with Crippen molar-refractivity contribution in [3.05, 3.63) is 77.0 Å². The minimum atomic E-state index is -0.491. The second kappa shape index (κ2) is 10.4. The number of amides is 1. The number of aromatic nitrogens is 4. The first-order valence-electron chi connectivity index (χ1n) is 14.0. The molecule has 1 amide bonds. The van der Waals surface area contributed by atoms with Crippen LogP contribution in [0.25, 0.3) is 10.9 Å². The number of carbonyl (C=O) groups is 1. The summed E-state index contributed by atoms with van der Waals surface area (Å²) >= 11 is 0. The summed E-state index contributed by atoms with van der Waals surface area (Å²) in [6.45, 7) is 12.5. The largest absolute Gasteiger partial charge is 0.444 e. The fourth-order valence-corrected chi connectivity index (χ4v) is 5.63. The first-order valence-corrected chi connectivity index (χ1v) is 14.0. The molecule has 0 spiro atoms. The lowest BCUT2D eigenvalue weighted by atomic mass is 10.1. The predicted molar refractivity (Wildman–Crippen MR) is 157 cm³/mol. The zero-order valence-corrected chi connectivity index (χ0v) is 24.0. The maximum Gasteiger partial charge on any atom is 0.410 e. The van der Waals surface area contributed by atoms with Crippen molar-refractivity contribution in [3.63, 3.8) is 0 Å². The van der Waals surface area contributed by atoms with Crippen molar-refractivity contribution < 1.29 is 9.53 Å². The fourth-order valence-electron chi connectivity index (χ4n) is 5.63. The van der Waals surface area contributed by atoms with Crippen molar-refractivity contribution in [1.29, 1.82) is 5.26 Å². The molecule has 0 unspecified atom stereocenters. The highest BCUT2D eigenvalue weighted by Gasteiger charge is 2.29. The molecule has 1 fully saturated rings. The number of rotatable bonds is 4. The van der Waals surface area contributed by atoms with Crippen molar-refractivity contribution in [1.82, 2.24) is 24.6 Å². The van der Waals surface area contributed by atoms with Gasteiger partial charge in [-0.05, 0) is 64.1 Å². The highest BCUT2D eigenvalue weighted by Crippen LogP contribution is 2.35. The third-order valence-corrected chi connectivity index (χ3v) is 7.68. The minimum Gasteiger partial charge on any atom is -0.444 e. The molecule has 0 bridgehead atoms. The number of pyridine rings is 2. The van der Waals surface area contributed by atoms with Crippen molar-refractivity contribution in [2.24, 2.45) is 0 Å². The molecule has 0 aliphatic carbocycles. The number of hydrogen-bond donors (Lipinski definition) is 0. The molecule has 210 valence electrons. The summed E-state index contributed by atoms with van der Waals surface area (Å²) < 4.78 is 7.58. The van der Waals surface area contributed by atoms with E-state index in [2.05, 4.69) is 44.6 Å². The number of benzene rings is 1. The Bertz CT molecular complexity index is 1640. The van der Waals surface area contributed by atoms with Crippen molar-refractivity contribution in [3.8, 4) is 6.07 Å². The van der Waals surface area contributed by atoms with E-state index >= 15 is 0 Å². The molecule has 1 saturated heterocycles. The SMILES string of the molecule is Cc1nn(Cc2ccc(N3CCN(C(=O)OC(C)(C)C)CC3)cn2)c2c1CN(c1ccc(C#N)c3ncccc13)C2. The summed E-state index contributed by atoms with van der Waals surface area (Å²) in [6, 6.07) is 14.2. The van der Waals surface area contributed by atoms with E-state index in [0.717, 1.165) is 59.8 Å². The van der Waals surface area contributed by atoms with Gasteiger partial charge in [0.15, 0.2) is 0 Å². The van der Waals surface area contributed by atoms with E-state index < -0.39 is 5.60 Å². The Morgan fingerprint density at radius 3 is 2.54 bits per heavy atom. The third kappa shape index (κ3) is 5.27. The second-order valence-corrected chi connectivity index (χ2v) is 11.6. The Hall–Kier alpha value is -4.65. The summed E-state index contributed by atoms with van der Waals surface area (Å²) in [5, 5.41) is 15.4. The van der Waals surface area contributed by atoms with Gasteiger partial charge >= 0.3 is 6.09 Å². The molecule has 41 heavy (non-hydrogen) atoms. The lowest BCUT2D eigenvalue weighted by molar-refractivity contribution is 0.0240. The summed E-state index contributed by atoms with van der Waals surface area (Å²) in [4.78, 5) is 28.0. The molecule has 10 nitrogen and oxygen atoms in total. The molecule has 5 heterocycles. The van der Waals surface area contributed by atoms with Gasteiger partial charge in [0.25, 0.3) is 0 Å². The van der Waals surface area contributed by atoms with Crippen LogP contribution in [0, 0.1) is 18.3 Å². The van der Waals surface area contributed by atoms with Gasteiger partial charge in [0, 0.05) is 55.6 Å². The number of carbonyl (C=O) groups excluding carboxylic acids is 1. The van der Waals surface area contributed by atoms with Crippen molar-refractivity contribution >= 4 is 28.4 Å². The summed E-state index contributed by atoms with van der Waals surface area (Å²) in [7, 11) is 0. The van der Waals surface area contributed by atoms with Crippen molar-refractivity contribution in [2.45, 2.75) is 52.9 Å². The highest BCUT2D eigenvalue weighted by atomic mass is 16.6. The molecule has 6 rings (SSSR count). The van der Waals surface area contributed by atoms with Gasteiger partial charge in [-0.15, -0.1) is 0 Å². The van der Waals surface area contributed by atoms with Crippen molar-refractivity contribution in [2.75, 3.05) is 36.0 Å². The molecule has 4 aromatic rings. The molecule has 0 atom stereocenters. The number of aryl methyl sites for hydroxylation is 1. The smallest absolute Gasteiger partial charge is 0.410 e. The van der Waals surface area contributed by atoms with Gasteiger partial charge in [-0.3, -0.25) is 14.6 Å². The van der Waals surface area contributed by atoms with Crippen LogP contribution in [-0.2, 0) is 24.4 Å². The standard InChI is InChI=1S/C31H34N8O2/c1-21-26-19-38(27-10-7-22(16-32)29-25(27)6-5-11-33-29)20-28(26)39(35-21)18-23-8-9-24(17-34-23)36-12-14-37(15-13-36)30(40)41-31(2,3)4/h5-11,17H,12-15,18-20H2,1-4H3. The number of anilines is 2. The number of nitriles is 1. The number of hydrogen-bond acceptors (Lipinski definition) is 8. The molecule has 1 aromatic carbocycles. The molecule has 2 aliphatic heterocycles. The average Bonchev–Trinajstić information content (AvgIpc) is 3.52. The van der Waals surface area contributed by atoms with E-state index in [9.17, 15) is 10.1 Å². The fraction of sp³-hybridized carbons (Fsp3) is 0.387. The molecule has 2 aliphatic rings. The first kappa shape index (κ1) is 26.6. The lowest BCUT2D eigenvalue weighted by Gasteiger charge is -2.36. The minimum absolute atomic E-state index is 0.254. The van der Waals surface area contributed by atoms with Gasteiger partial charge in [-0.25, -0.2) is 4.79 Å². The van der Waals surface area contributed by atoms with Crippen LogP contribution in [0.15, 0.2) is 48.8 Å².